The van der Waals surface area contributed by atoms with Crippen LogP contribution >= 0.6 is 0 Å². The lowest BCUT2D eigenvalue weighted by Crippen LogP contribution is -2.55. The molecule has 1 heterocycles. The molecule has 1 aliphatic heterocycles. The molecule has 120 valence electrons. The van der Waals surface area contributed by atoms with Gasteiger partial charge in [0.1, 0.15) is 23.0 Å². The summed E-state index contributed by atoms with van der Waals surface area (Å²) < 4.78 is 45.5. The van der Waals surface area contributed by atoms with Crippen molar-refractivity contribution in [2.45, 2.75) is 12.7 Å². The predicted molar refractivity (Wildman–Crippen MR) is 77.2 cm³/mol. The first-order valence-electron chi connectivity index (χ1n) is 7.14. The van der Waals surface area contributed by atoms with Crippen LogP contribution in [0, 0.1) is 17.5 Å². The molecule has 3 rings (SSSR count). The first-order valence-corrected chi connectivity index (χ1v) is 7.14. The molecule has 1 amide bonds. The lowest BCUT2D eigenvalue weighted by Gasteiger charge is -2.39. The predicted octanol–water partition coefficient (Wildman–Crippen LogP) is 3.15. The lowest BCUT2D eigenvalue weighted by molar-refractivity contribution is -0.0506. The molecule has 1 saturated heterocycles. The van der Waals surface area contributed by atoms with Crippen LogP contribution in [0.2, 0.25) is 0 Å². The van der Waals surface area contributed by atoms with Gasteiger partial charge in [-0.25, -0.2) is 13.2 Å². The van der Waals surface area contributed by atoms with Crippen molar-refractivity contribution in [3.05, 3.63) is 71.0 Å². The van der Waals surface area contributed by atoms with Crippen molar-refractivity contribution in [1.82, 2.24) is 4.90 Å². The number of halogens is 3. The Morgan fingerprint density at radius 1 is 1.04 bits per heavy atom. The van der Waals surface area contributed by atoms with Crippen molar-refractivity contribution >= 4 is 5.91 Å². The van der Waals surface area contributed by atoms with Gasteiger partial charge in [0, 0.05) is 13.1 Å². The zero-order valence-electron chi connectivity index (χ0n) is 12.1. The zero-order valence-corrected chi connectivity index (χ0v) is 12.1. The number of hydrogen-bond acceptors (Lipinski definition) is 2. The zero-order chi connectivity index (χ0) is 16.4. The maximum atomic E-state index is 13.6. The number of ether oxygens (including phenoxy) is 1. The quantitative estimate of drug-likeness (QED) is 0.866. The van der Waals surface area contributed by atoms with Crippen molar-refractivity contribution < 1.29 is 22.7 Å². The second-order valence-electron chi connectivity index (χ2n) is 5.37. The number of rotatable bonds is 4. The average molecular weight is 321 g/mol. The van der Waals surface area contributed by atoms with Crippen LogP contribution < -0.4 is 0 Å². The van der Waals surface area contributed by atoms with Crippen molar-refractivity contribution in [2.24, 2.45) is 0 Å². The Morgan fingerprint density at radius 2 is 1.65 bits per heavy atom. The van der Waals surface area contributed by atoms with Gasteiger partial charge in [0.2, 0.25) is 0 Å². The van der Waals surface area contributed by atoms with Crippen LogP contribution in [0.15, 0.2) is 42.5 Å². The van der Waals surface area contributed by atoms with E-state index in [2.05, 4.69) is 0 Å². The van der Waals surface area contributed by atoms with E-state index in [0.717, 1.165) is 17.7 Å². The van der Waals surface area contributed by atoms with E-state index in [1.165, 1.54) is 23.1 Å². The van der Waals surface area contributed by atoms with E-state index >= 15 is 0 Å². The number of nitrogens with zero attached hydrogens (tertiary/aromatic N) is 1. The third kappa shape index (κ3) is 3.37. The van der Waals surface area contributed by atoms with Gasteiger partial charge in [0.15, 0.2) is 0 Å². The van der Waals surface area contributed by atoms with Crippen molar-refractivity contribution in [2.75, 3.05) is 13.1 Å². The highest BCUT2D eigenvalue weighted by molar-refractivity contribution is 5.95. The molecule has 0 aromatic heterocycles. The molecule has 0 aliphatic carbocycles. The molecule has 23 heavy (non-hydrogen) atoms. The Hall–Kier alpha value is -2.34. The monoisotopic (exact) mass is 321 g/mol. The highest BCUT2D eigenvalue weighted by Gasteiger charge is 2.34. The van der Waals surface area contributed by atoms with Crippen LogP contribution in [0.1, 0.15) is 15.9 Å². The summed E-state index contributed by atoms with van der Waals surface area (Å²) in [7, 11) is 0. The molecular weight excluding hydrogens is 307 g/mol. The first kappa shape index (κ1) is 15.6. The molecule has 0 saturated carbocycles. The van der Waals surface area contributed by atoms with E-state index in [-0.39, 0.29) is 25.0 Å². The molecule has 0 spiro atoms. The number of amides is 1. The highest BCUT2D eigenvalue weighted by atomic mass is 19.1. The van der Waals surface area contributed by atoms with Gasteiger partial charge in [0.05, 0.1) is 12.7 Å². The molecular formula is C17H14F3NO2. The fourth-order valence-electron chi connectivity index (χ4n) is 2.36. The topological polar surface area (TPSA) is 29.5 Å². The molecule has 0 atom stereocenters. The second-order valence-corrected chi connectivity index (χ2v) is 5.37. The van der Waals surface area contributed by atoms with Crippen LogP contribution in [0.4, 0.5) is 13.2 Å². The number of benzene rings is 2. The molecule has 2 aromatic rings. The minimum atomic E-state index is -0.870. The minimum Gasteiger partial charge on any atom is -0.370 e. The van der Waals surface area contributed by atoms with Crippen molar-refractivity contribution in [1.29, 1.82) is 0 Å². The molecule has 0 unspecified atom stereocenters. The second kappa shape index (κ2) is 6.42. The Bertz CT molecular complexity index is 692. The largest absolute Gasteiger partial charge is 0.370 e. The van der Waals surface area contributed by atoms with Gasteiger partial charge < -0.3 is 9.64 Å². The van der Waals surface area contributed by atoms with Gasteiger partial charge in [-0.3, -0.25) is 4.79 Å². The molecule has 0 radical (unpaired) electrons. The van der Waals surface area contributed by atoms with Gasteiger partial charge in [-0.2, -0.15) is 0 Å². The van der Waals surface area contributed by atoms with E-state index in [1.54, 1.807) is 12.1 Å². The van der Waals surface area contributed by atoms with Gasteiger partial charge in [-0.05, 0) is 29.8 Å². The Balaban J connectivity index is 1.53. The van der Waals surface area contributed by atoms with Crippen LogP contribution in [0.5, 0.6) is 0 Å². The standard InChI is InChI=1S/C17H14F3NO2/c18-12-6-4-11(5-7-12)10-23-13-8-21(9-13)17(22)16-14(19)2-1-3-15(16)20/h1-7,13H,8-10H2. The van der Waals surface area contributed by atoms with E-state index in [4.69, 9.17) is 4.74 Å². The Morgan fingerprint density at radius 3 is 2.26 bits per heavy atom. The van der Waals surface area contributed by atoms with E-state index in [9.17, 15) is 18.0 Å². The van der Waals surface area contributed by atoms with Crippen LogP contribution in [-0.4, -0.2) is 30.0 Å². The summed E-state index contributed by atoms with van der Waals surface area (Å²) in [4.78, 5) is 13.4. The number of likely N-dealkylation sites (tertiary alicyclic amines) is 1. The number of carbonyl (C=O) groups excluding carboxylic acids is 1. The summed E-state index contributed by atoms with van der Waals surface area (Å²) in [5, 5.41) is 0. The number of hydrogen-bond donors (Lipinski definition) is 0. The highest BCUT2D eigenvalue weighted by Crippen LogP contribution is 2.21. The normalized spacial score (nSPS) is 14.7. The van der Waals surface area contributed by atoms with Crippen LogP contribution in [-0.2, 0) is 11.3 Å². The van der Waals surface area contributed by atoms with Crippen molar-refractivity contribution in [3.8, 4) is 0 Å². The van der Waals surface area contributed by atoms with Gasteiger partial charge in [-0.1, -0.05) is 18.2 Å². The summed E-state index contributed by atoms with van der Waals surface area (Å²) in [5.74, 6) is -2.74. The van der Waals surface area contributed by atoms with E-state index < -0.39 is 23.1 Å². The first-order chi connectivity index (χ1) is 11.0. The van der Waals surface area contributed by atoms with E-state index in [0.29, 0.717) is 6.61 Å². The van der Waals surface area contributed by atoms with Crippen molar-refractivity contribution in [3.63, 3.8) is 0 Å². The summed E-state index contributed by atoms with van der Waals surface area (Å²) in [6, 6.07) is 9.24. The Kier molecular flexibility index (Phi) is 4.34. The molecule has 0 bridgehead atoms. The molecule has 6 heteroatoms. The lowest BCUT2D eigenvalue weighted by atomic mass is 10.1. The average Bonchev–Trinajstić information content (AvgIpc) is 2.47. The smallest absolute Gasteiger partial charge is 0.260 e. The third-order valence-electron chi connectivity index (χ3n) is 3.71. The molecule has 1 fully saturated rings. The molecule has 2 aromatic carbocycles. The molecule has 3 nitrogen and oxygen atoms in total. The van der Waals surface area contributed by atoms with Crippen LogP contribution in [0.25, 0.3) is 0 Å². The maximum absolute atomic E-state index is 13.6. The maximum Gasteiger partial charge on any atom is 0.260 e. The Labute approximate surface area is 131 Å². The summed E-state index contributed by atoms with van der Waals surface area (Å²) in [5.41, 5.74) is 0.279. The summed E-state index contributed by atoms with van der Waals surface area (Å²) >= 11 is 0. The van der Waals surface area contributed by atoms with Gasteiger partial charge in [-0.15, -0.1) is 0 Å². The van der Waals surface area contributed by atoms with Crippen LogP contribution in [0.3, 0.4) is 0 Å². The molecule has 0 N–H and O–H groups in total. The van der Waals surface area contributed by atoms with E-state index in [1.807, 2.05) is 0 Å². The minimum absolute atomic E-state index is 0.196. The molecule has 1 aliphatic rings. The summed E-state index contributed by atoms with van der Waals surface area (Å²) in [6.45, 7) is 0.836. The number of carbonyl (C=O) groups is 1. The van der Waals surface area contributed by atoms with Gasteiger partial charge >= 0.3 is 0 Å². The summed E-state index contributed by atoms with van der Waals surface area (Å²) in [6.07, 6.45) is -0.196. The fourth-order valence-corrected chi connectivity index (χ4v) is 2.36. The SMILES string of the molecule is O=C(c1c(F)cccc1F)N1CC(OCc2ccc(F)cc2)C1. The third-order valence-corrected chi connectivity index (χ3v) is 3.71. The van der Waals surface area contributed by atoms with Gasteiger partial charge in [0.25, 0.3) is 5.91 Å². The fraction of sp³-hybridized carbons (Fsp3) is 0.235.